The number of carboxylic acids is 1. The van der Waals surface area contributed by atoms with E-state index in [0.29, 0.717) is 19.7 Å². The number of aromatic nitrogens is 2. The zero-order chi connectivity index (χ0) is 14.5. The van der Waals surface area contributed by atoms with Crippen molar-refractivity contribution in [3.8, 4) is 0 Å². The molecule has 20 heavy (non-hydrogen) atoms. The van der Waals surface area contributed by atoms with Gasteiger partial charge in [0, 0.05) is 25.8 Å². The van der Waals surface area contributed by atoms with Crippen molar-refractivity contribution in [2.75, 3.05) is 44.7 Å². The molecule has 1 N–H and O–H groups in total. The lowest BCUT2D eigenvalue weighted by molar-refractivity contribution is -0.138. The molecule has 1 aromatic heterocycles. The van der Waals surface area contributed by atoms with Gasteiger partial charge in [0.15, 0.2) is 0 Å². The van der Waals surface area contributed by atoms with Crippen molar-refractivity contribution in [2.24, 2.45) is 0 Å². The van der Waals surface area contributed by atoms with E-state index in [1.165, 1.54) is 6.33 Å². The minimum atomic E-state index is -0.835. The van der Waals surface area contributed by atoms with Crippen LogP contribution in [0.5, 0.6) is 0 Å². The van der Waals surface area contributed by atoms with Gasteiger partial charge in [0.1, 0.15) is 12.1 Å². The maximum Gasteiger partial charge on any atom is 0.317 e. The van der Waals surface area contributed by atoms with E-state index in [9.17, 15) is 4.79 Å². The summed E-state index contributed by atoms with van der Waals surface area (Å²) in [6.07, 6.45) is 3.19. The SMILES string of the molecule is CN(CC(=O)O)CC1CN(c2ncncc2Br)CCO1. The highest BCUT2D eigenvalue weighted by atomic mass is 79.9. The third kappa shape index (κ3) is 4.12. The Labute approximate surface area is 125 Å². The molecule has 1 saturated heterocycles. The summed E-state index contributed by atoms with van der Waals surface area (Å²) >= 11 is 3.44. The Bertz CT molecular complexity index is 474. The van der Waals surface area contributed by atoms with Gasteiger partial charge in [-0.1, -0.05) is 0 Å². The molecule has 0 aliphatic carbocycles. The molecule has 0 spiro atoms. The maximum absolute atomic E-state index is 10.7. The van der Waals surface area contributed by atoms with Gasteiger partial charge in [-0.25, -0.2) is 9.97 Å². The van der Waals surface area contributed by atoms with Gasteiger partial charge in [-0.2, -0.15) is 0 Å². The summed E-state index contributed by atoms with van der Waals surface area (Å²) in [6.45, 7) is 2.62. The van der Waals surface area contributed by atoms with E-state index in [1.807, 2.05) is 0 Å². The average Bonchev–Trinajstić information content (AvgIpc) is 2.38. The molecule has 1 aromatic rings. The fourth-order valence-corrected chi connectivity index (χ4v) is 2.68. The van der Waals surface area contributed by atoms with E-state index in [-0.39, 0.29) is 12.6 Å². The van der Waals surface area contributed by atoms with Crippen molar-refractivity contribution >= 4 is 27.7 Å². The number of hydrogen-bond acceptors (Lipinski definition) is 6. The van der Waals surface area contributed by atoms with Crippen LogP contribution in [-0.2, 0) is 9.53 Å². The molecule has 1 aliphatic rings. The lowest BCUT2D eigenvalue weighted by atomic mass is 10.2. The van der Waals surface area contributed by atoms with E-state index in [1.54, 1.807) is 18.1 Å². The molecule has 1 atom stereocenters. The highest BCUT2D eigenvalue weighted by Crippen LogP contribution is 2.23. The van der Waals surface area contributed by atoms with Crippen LogP contribution < -0.4 is 4.90 Å². The van der Waals surface area contributed by atoms with Gasteiger partial charge in [0.05, 0.1) is 23.7 Å². The van der Waals surface area contributed by atoms with Crippen LogP contribution in [-0.4, -0.2) is 71.9 Å². The lowest BCUT2D eigenvalue weighted by Crippen LogP contribution is -2.48. The molecular weight excluding hydrogens is 328 g/mol. The number of carbonyl (C=O) groups is 1. The predicted octanol–water partition coefficient (Wildman–Crippen LogP) is 0.461. The van der Waals surface area contributed by atoms with Crippen LogP contribution in [0.1, 0.15) is 0 Å². The van der Waals surface area contributed by atoms with Gasteiger partial charge in [0.25, 0.3) is 0 Å². The van der Waals surface area contributed by atoms with Crippen molar-refractivity contribution in [3.05, 3.63) is 17.0 Å². The first-order chi connectivity index (χ1) is 9.56. The van der Waals surface area contributed by atoms with Crippen molar-refractivity contribution in [2.45, 2.75) is 6.10 Å². The molecule has 0 saturated carbocycles. The number of ether oxygens (including phenoxy) is 1. The van der Waals surface area contributed by atoms with Crippen LogP contribution in [0.25, 0.3) is 0 Å². The van der Waals surface area contributed by atoms with Crippen LogP contribution in [0.4, 0.5) is 5.82 Å². The number of nitrogens with zero attached hydrogens (tertiary/aromatic N) is 4. The Morgan fingerprint density at radius 2 is 2.50 bits per heavy atom. The summed E-state index contributed by atoms with van der Waals surface area (Å²) < 4.78 is 6.53. The highest BCUT2D eigenvalue weighted by Gasteiger charge is 2.24. The average molecular weight is 345 g/mol. The van der Waals surface area contributed by atoms with E-state index >= 15 is 0 Å². The standard InChI is InChI=1S/C12H17BrN4O3/c1-16(7-11(18)19)5-9-6-17(2-3-20-9)12-10(13)4-14-8-15-12/h4,8-9H,2-3,5-7H2,1H3,(H,18,19). The summed E-state index contributed by atoms with van der Waals surface area (Å²) in [6, 6.07) is 0. The highest BCUT2D eigenvalue weighted by molar-refractivity contribution is 9.10. The molecule has 0 aromatic carbocycles. The Kier molecular flexibility index (Phi) is 5.27. The van der Waals surface area contributed by atoms with Crippen molar-refractivity contribution < 1.29 is 14.6 Å². The fourth-order valence-electron chi connectivity index (χ4n) is 2.20. The predicted molar refractivity (Wildman–Crippen MR) is 76.8 cm³/mol. The summed E-state index contributed by atoms with van der Waals surface area (Å²) in [7, 11) is 1.77. The number of anilines is 1. The third-order valence-electron chi connectivity index (χ3n) is 3.01. The van der Waals surface area contributed by atoms with Crippen LogP contribution in [0.3, 0.4) is 0 Å². The third-order valence-corrected chi connectivity index (χ3v) is 3.57. The van der Waals surface area contributed by atoms with Gasteiger partial charge >= 0.3 is 5.97 Å². The number of carboxylic acid groups (broad SMARTS) is 1. The van der Waals surface area contributed by atoms with Crippen molar-refractivity contribution in [1.82, 2.24) is 14.9 Å². The smallest absolute Gasteiger partial charge is 0.317 e. The zero-order valence-electron chi connectivity index (χ0n) is 11.2. The first-order valence-corrected chi connectivity index (χ1v) is 7.08. The van der Waals surface area contributed by atoms with Crippen molar-refractivity contribution in [3.63, 3.8) is 0 Å². The minimum absolute atomic E-state index is 0.0110. The van der Waals surface area contributed by atoms with Crippen LogP contribution in [0, 0.1) is 0 Å². The Balaban J connectivity index is 1.95. The lowest BCUT2D eigenvalue weighted by Gasteiger charge is -2.35. The molecule has 2 heterocycles. The summed E-state index contributed by atoms with van der Waals surface area (Å²) in [5.41, 5.74) is 0. The molecule has 2 rings (SSSR count). The maximum atomic E-state index is 10.7. The Morgan fingerprint density at radius 3 is 3.20 bits per heavy atom. The van der Waals surface area contributed by atoms with Gasteiger partial charge < -0.3 is 14.7 Å². The van der Waals surface area contributed by atoms with Gasteiger partial charge in [-0.05, 0) is 23.0 Å². The second-order valence-corrected chi connectivity index (χ2v) is 5.58. The normalized spacial score (nSPS) is 19.4. The fraction of sp³-hybridized carbons (Fsp3) is 0.583. The van der Waals surface area contributed by atoms with Crippen LogP contribution in [0.15, 0.2) is 17.0 Å². The number of halogens is 1. The van der Waals surface area contributed by atoms with Crippen LogP contribution >= 0.6 is 15.9 Å². The number of morpholine rings is 1. The number of hydrogen-bond donors (Lipinski definition) is 1. The summed E-state index contributed by atoms with van der Waals surface area (Å²) in [5, 5.41) is 8.76. The van der Waals surface area contributed by atoms with E-state index < -0.39 is 5.97 Å². The number of rotatable bonds is 5. The van der Waals surface area contributed by atoms with E-state index in [4.69, 9.17) is 9.84 Å². The molecule has 1 unspecified atom stereocenters. The quantitative estimate of drug-likeness (QED) is 0.831. The minimum Gasteiger partial charge on any atom is -0.480 e. The molecular formula is C12H17BrN4O3. The molecule has 1 aliphatic heterocycles. The first-order valence-electron chi connectivity index (χ1n) is 6.28. The molecule has 0 amide bonds. The van der Waals surface area contributed by atoms with Gasteiger partial charge in [0.2, 0.25) is 0 Å². The number of likely N-dealkylation sites (N-methyl/N-ethyl adjacent to an activating group) is 1. The largest absolute Gasteiger partial charge is 0.480 e. The Morgan fingerprint density at radius 1 is 1.70 bits per heavy atom. The molecule has 110 valence electrons. The number of aliphatic carboxylic acids is 1. The van der Waals surface area contributed by atoms with Crippen LogP contribution in [0.2, 0.25) is 0 Å². The first kappa shape index (κ1) is 15.1. The van der Waals surface area contributed by atoms with Gasteiger partial charge in [-0.15, -0.1) is 0 Å². The molecule has 0 radical (unpaired) electrons. The second kappa shape index (κ2) is 6.96. The molecule has 0 bridgehead atoms. The van der Waals surface area contributed by atoms with Gasteiger partial charge in [-0.3, -0.25) is 9.69 Å². The molecule has 1 fully saturated rings. The van der Waals surface area contributed by atoms with Crippen molar-refractivity contribution in [1.29, 1.82) is 0 Å². The second-order valence-electron chi connectivity index (χ2n) is 4.72. The molecule has 8 heteroatoms. The Hall–Kier alpha value is -1.25. The topological polar surface area (TPSA) is 78.8 Å². The van der Waals surface area contributed by atoms with E-state index in [2.05, 4.69) is 30.8 Å². The molecule has 7 nitrogen and oxygen atoms in total. The van der Waals surface area contributed by atoms with E-state index in [0.717, 1.165) is 16.8 Å². The zero-order valence-corrected chi connectivity index (χ0v) is 12.8. The summed E-state index contributed by atoms with van der Waals surface area (Å²) in [5.74, 6) is 0.00731. The summed E-state index contributed by atoms with van der Waals surface area (Å²) in [4.78, 5) is 22.7. The monoisotopic (exact) mass is 344 g/mol.